The number of hydrogen-bond acceptors (Lipinski definition) is 2. The molecule has 2 heteroatoms. The van der Waals surface area contributed by atoms with Crippen LogP contribution in [0.4, 0.5) is 0 Å². The van der Waals surface area contributed by atoms with E-state index in [4.69, 9.17) is 5.84 Å². The molecule has 0 heterocycles. The standard InChI is InChI=1S/C16H26N2/c1-3-5-13-6-4-7-14(11-13)16(18-17)15-9-8-12(2)10-15/h4,6-7,11-12,15-16,18H,3,5,8-10,17H2,1-2H3. The Hall–Kier alpha value is -0.860. The lowest BCUT2D eigenvalue weighted by molar-refractivity contribution is 0.364. The van der Waals surface area contributed by atoms with E-state index >= 15 is 0 Å². The van der Waals surface area contributed by atoms with Gasteiger partial charge < -0.3 is 0 Å². The van der Waals surface area contributed by atoms with Crippen molar-refractivity contribution in [3.63, 3.8) is 0 Å². The Morgan fingerprint density at radius 1 is 1.39 bits per heavy atom. The molecule has 3 unspecified atom stereocenters. The van der Waals surface area contributed by atoms with Crippen LogP contribution in [0.2, 0.25) is 0 Å². The molecule has 0 aliphatic heterocycles. The third-order valence-corrected chi connectivity index (χ3v) is 4.24. The third kappa shape index (κ3) is 3.12. The predicted molar refractivity (Wildman–Crippen MR) is 77.0 cm³/mol. The molecule has 0 amide bonds. The highest BCUT2D eigenvalue weighted by Gasteiger charge is 2.29. The molecule has 1 aliphatic carbocycles. The second kappa shape index (κ2) is 6.35. The van der Waals surface area contributed by atoms with Crippen LogP contribution in [0.1, 0.15) is 56.7 Å². The molecule has 1 aromatic rings. The van der Waals surface area contributed by atoms with Crippen molar-refractivity contribution in [1.82, 2.24) is 5.43 Å². The Kier molecular flexibility index (Phi) is 4.79. The maximum absolute atomic E-state index is 5.80. The first-order valence-electron chi connectivity index (χ1n) is 7.29. The number of aryl methyl sites for hydroxylation is 1. The highest BCUT2D eigenvalue weighted by atomic mass is 15.2. The van der Waals surface area contributed by atoms with Crippen molar-refractivity contribution in [2.24, 2.45) is 17.7 Å². The van der Waals surface area contributed by atoms with Crippen LogP contribution in [0.5, 0.6) is 0 Å². The molecule has 2 rings (SSSR count). The smallest absolute Gasteiger partial charge is 0.0488 e. The summed E-state index contributed by atoms with van der Waals surface area (Å²) in [6, 6.07) is 9.26. The van der Waals surface area contributed by atoms with Crippen molar-refractivity contribution in [1.29, 1.82) is 0 Å². The van der Waals surface area contributed by atoms with Gasteiger partial charge in [0, 0.05) is 6.04 Å². The van der Waals surface area contributed by atoms with Gasteiger partial charge in [0.15, 0.2) is 0 Å². The lowest BCUT2D eigenvalue weighted by atomic mass is 9.90. The van der Waals surface area contributed by atoms with E-state index in [9.17, 15) is 0 Å². The lowest BCUT2D eigenvalue weighted by Crippen LogP contribution is -2.32. The number of rotatable bonds is 5. The van der Waals surface area contributed by atoms with Gasteiger partial charge in [0.25, 0.3) is 0 Å². The van der Waals surface area contributed by atoms with Crippen LogP contribution in [0.3, 0.4) is 0 Å². The fourth-order valence-electron chi connectivity index (χ4n) is 3.29. The zero-order valence-corrected chi connectivity index (χ0v) is 11.7. The molecule has 0 radical (unpaired) electrons. The Morgan fingerprint density at radius 3 is 2.83 bits per heavy atom. The van der Waals surface area contributed by atoms with Crippen molar-refractivity contribution in [3.05, 3.63) is 35.4 Å². The molecule has 100 valence electrons. The Labute approximate surface area is 111 Å². The van der Waals surface area contributed by atoms with E-state index in [0.29, 0.717) is 12.0 Å². The monoisotopic (exact) mass is 246 g/mol. The average molecular weight is 246 g/mol. The highest BCUT2D eigenvalue weighted by Crippen LogP contribution is 2.38. The van der Waals surface area contributed by atoms with Crippen molar-refractivity contribution in [3.8, 4) is 0 Å². The molecule has 1 aromatic carbocycles. The van der Waals surface area contributed by atoms with Crippen LogP contribution in [0.25, 0.3) is 0 Å². The van der Waals surface area contributed by atoms with Gasteiger partial charge in [-0.05, 0) is 42.2 Å². The summed E-state index contributed by atoms with van der Waals surface area (Å²) in [5.74, 6) is 7.35. The molecule has 1 saturated carbocycles. The molecule has 1 fully saturated rings. The number of nitrogens with two attached hydrogens (primary N) is 1. The number of hydrogen-bond donors (Lipinski definition) is 2. The van der Waals surface area contributed by atoms with Crippen molar-refractivity contribution in [2.75, 3.05) is 0 Å². The van der Waals surface area contributed by atoms with E-state index in [1.807, 2.05) is 0 Å². The summed E-state index contributed by atoms with van der Waals surface area (Å²) in [5.41, 5.74) is 5.85. The summed E-state index contributed by atoms with van der Waals surface area (Å²) in [4.78, 5) is 0. The van der Waals surface area contributed by atoms with Crippen LogP contribution >= 0.6 is 0 Å². The Balaban J connectivity index is 2.13. The second-order valence-corrected chi connectivity index (χ2v) is 5.82. The van der Waals surface area contributed by atoms with Crippen molar-refractivity contribution < 1.29 is 0 Å². The van der Waals surface area contributed by atoms with E-state index in [1.165, 1.54) is 36.8 Å². The topological polar surface area (TPSA) is 38.0 Å². The zero-order chi connectivity index (χ0) is 13.0. The SMILES string of the molecule is CCCc1cccc(C(NN)C2CCC(C)C2)c1. The van der Waals surface area contributed by atoms with Gasteiger partial charge in [-0.2, -0.15) is 0 Å². The first-order chi connectivity index (χ1) is 8.74. The zero-order valence-electron chi connectivity index (χ0n) is 11.7. The molecular weight excluding hydrogens is 220 g/mol. The fourth-order valence-corrected chi connectivity index (χ4v) is 3.29. The van der Waals surface area contributed by atoms with Gasteiger partial charge in [-0.25, -0.2) is 0 Å². The van der Waals surface area contributed by atoms with Crippen LogP contribution < -0.4 is 11.3 Å². The molecule has 0 saturated heterocycles. The third-order valence-electron chi connectivity index (χ3n) is 4.24. The summed E-state index contributed by atoms with van der Waals surface area (Å²) in [7, 11) is 0. The molecule has 2 nitrogen and oxygen atoms in total. The molecule has 0 spiro atoms. The van der Waals surface area contributed by atoms with Gasteiger partial charge in [-0.3, -0.25) is 11.3 Å². The average Bonchev–Trinajstić information content (AvgIpc) is 2.78. The van der Waals surface area contributed by atoms with Gasteiger partial charge in [-0.1, -0.05) is 51.0 Å². The van der Waals surface area contributed by atoms with Crippen LogP contribution in [-0.2, 0) is 6.42 Å². The van der Waals surface area contributed by atoms with E-state index < -0.39 is 0 Å². The van der Waals surface area contributed by atoms with E-state index in [-0.39, 0.29) is 0 Å². The van der Waals surface area contributed by atoms with Crippen molar-refractivity contribution >= 4 is 0 Å². The first kappa shape index (κ1) is 13.6. The van der Waals surface area contributed by atoms with Crippen LogP contribution in [0, 0.1) is 11.8 Å². The Morgan fingerprint density at radius 2 is 2.22 bits per heavy atom. The maximum atomic E-state index is 5.80. The molecule has 1 aliphatic rings. The van der Waals surface area contributed by atoms with Gasteiger partial charge >= 0.3 is 0 Å². The number of hydrazine groups is 1. The van der Waals surface area contributed by atoms with Gasteiger partial charge in [0.1, 0.15) is 0 Å². The fraction of sp³-hybridized carbons (Fsp3) is 0.625. The van der Waals surface area contributed by atoms with Gasteiger partial charge in [0.2, 0.25) is 0 Å². The highest BCUT2D eigenvalue weighted by molar-refractivity contribution is 5.27. The molecule has 18 heavy (non-hydrogen) atoms. The lowest BCUT2D eigenvalue weighted by Gasteiger charge is -2.23. The number of nitrogens with one attached hydrogen (secondary N) is 1. The quantitative estimate of drug-likeness (QED) is 0.615. The minimum absolute atomic E-state index is 0.326. The van der Waals surface area contributed by atoms with Gasteiger partial charge in [0.05, 0.1) is 0 Å². The minimum atomic E-state index is 0.326. The van der Waals surface area contributed by atoms with Gasteiger partial charge in [-0.15, -0.1) is 0 Å². The van der Waals surface area contributed by atoms with Crippen LogP contribution in [0.15, 0.2) is 24.3 Å². The molecule has 0 aromatic heterocycles. The summed E-state index contributed by atoms with van der Waals surface area (Å²) in [6.07, 6.45) is 6.30. The maximum Gasteiger partial charge on any atom is 0.0488 e. The summed E-state index contributed by atoms with van der Waals surface area (Å²) >= 11 is 0. The largest absolute Gasteiger partial charge is 0.271 e. The summed E-state index contributed by atoms with van der Waals surface area (Å²) in [6.45, 7) is 4.57. The number of benzene rings is 1. The molecule has 3 atom stereocenters. The summed E-state index contributed by atoms with van der Waals surface area (Å²) < 4.78 is 0. The Bertz CT molecular complexity index is 375. The predicted octanol–water partition coefficient (Wildman–Crippen LogP) is 3.58. The van der Waals surface area contributed by atoms with Crippen LogP contribution in [-0.4, -0.2) is 0 Å². The minimum Gasteiger partial charge on any atom is -0.271 e. The molecular formula is C16H26N2. The van der Waals surface area contributed by atoms with E-state index in [2.05, 4.69) is 43.5 Å². The normalized spacial score (nSPS) is 25.3. The summed E-state index contributed by atoms with van der Waals surface area (Å²) in [5, 5.41) is 0. The second-order valence-electron chi connectivity index (χ2n) is 5.82. The van der Waals surface area contributed by atoms with E-state index in [1.54, 1.807) is 0 Å². The molecule has 0 bridgehead atoms. The van der Waals surface area contributed by atoms with E-state index in [0.717, 1.165) is 12.3 Å². The first-order valence-corrected chi connectivity index (χ1v) is 7.29. The molecule has 3 N–H and O–H groups in total. The van der Waals surface area contributed by atoms with Crippen molar-refractivity contribution in [2.45, 2.75) is 52.0 Å².